The van der Waals surface area contributed by atoms with Crippen molar-refractivity contribution in [2.75, 3.05) is 6.61 Å². The van der Waals surface area contributed by atoms with E-state index in [1.807, 2.05) is 27.7 Å². The van der Waals surface area contributed by atoms with Gasteiger partial charge in [0.15, 0.2) is 6.29 Å². The molecule has 7 N–H and O–H groups in total. The van der Waals surface area contributed by atoms with Gasteiger partial charge in [-0.25, -0.2) is 0 Å². The Bertz CT molecular complexity index is 1280. The summed E-state index contributed by atoms with van der Waals surface area (Å²) in [5.41, 5.74) is -3.38. The summed E-state index contributed by atoms with van der Waals surface area (Å²) in [5, 5.41) is 75.4. The van der Waals surface area contributed by atoms with E-state index in [0.717, 1.165) is 5.57 Å². The normalized spacial score (nSPS) is 54.4. The van der Waals surface area contributed by atoms with Crippen LogP contribution < -0.4 is 0 Å². The van der Waals surface area contributed by atoms with Gasteiger partial charge in [-0.3, -0.25) is 4.79 Å². The van der Waals surface area contributed by atoms with Crippen molar-refractivity contribution in [1.29, 1.82) is 0 Å². The van der Waals surface area contributed by atoms with Gasteiger partial charge >= 0.3 is 0 Å². The van der Waals surface area contributed by atoms with Gasteiger partial charge in [0, 0.05) is 23.2 Å². The average molecular weight is 667 g/mol. The van der Waals surface area contributed by atoms with Crippen LogP contribution in [0.1, 0.15) is 93.9 Å². The number of carbonyl (C=O) groups is 1. The summed E-state index contributed by atoms with van der Waals surface area (Å²) in [5.74, 6) is -0.629. The van der Waals surface area contributed by atoms with Crippen LogP contribution in [0.15, 0.2) is 11.6 Å². The van der Waals surface area contributed by atoms with Gasteiger partial charge in [0.2, 0.25) is 0 Å². The number of ether oxygens (including phenoxy) is 3. The van der Waals surface area contributed by atoms with Crippen LogP contribution in [0.25, 0.3) is 0 Å². The number of aliphatic hydroxyl groups excluding tert-OH is 6. The predicted octanol–water partition coefficient (Wildman–Crippen LogP) is 1.61. The van der Waals surface area contributed by atoms with Crippen LogP contribution in [-0.2, 0) is 19.0 Å². The SMILES string of the molecule is CC(C)(O)[C@@H]1CC[C@](C)([C@H]2[C@H](O)C[C@@]3(C)[C@@H]4CC=C5[C@@H](C[C@H](O[C@@H]6O[C@H](CO)[C@@H](O)[C@H](O)[C@H]6O)[C@H](O)C5(C)C)[C@]4(C)C(=O)C[C@]23C)O1. The highest BCUT2D eigenvalue weighted by Crippen LogP contribution is 2.75. The lowest BCUT2D eigenvalue weighted by atomic mass is 9.38. The van der Waals surface area contributed by atoms with E-state index in [1.54, 1.807) is 13.8 Å². The Hall–Kier alpha value is -0.990. The minimum Gasteiger partial charge on any atom is -0.394 e. The summed E-state index contributed by atoms with van der Waals surface area (Å²) < 4.78 is 18.5. The van der Waals surface area contributed by atoms with Crippen LogP contribution in [0.4, 0.5) is 0 Å². The lowest BCUT2D eigenvalue weighted by Gasteiger charge is -2.65. The molecule has 268 valence electrons. The minimum atomic E-state index is -1.62. The van der Waals surface area contributed by atoms with Crippen LogP contribution in [0.5, 0.6) is 0 Å². The van der Waals surface area contributed by atoms with E-state index in [2.05, 4.69) is 19.9 Å². The Labute approximate surface area is 278 Å². The molecule has 3 saturated carbocycles. The molecule has 0 aromatic carbocycles. The highest BCUT2D eigenvalue weighted by atomic mass is 16.7. The fourth-order valence-electron chi connectivity index (χ4n) is 11.7. The van der Waals surface area contributed by atoms with Gasteiger partial charge in [-0.2, -0.15) is 0 Å². The van der Waals surface area contributed by atoms with E-state index >= 15 is 0 Å². The molecule has 0 aromatic heterocycles. The number of aliphatic hydroxyl groups is 7. The second-order valence-electron chi connectivity index (χ2n) is 17.9. The van der Waals surface area contributed by atoms with E-state index in [-0.39, 0.29) is 42.5 Å². The topological polar surface area (TPSA) is 186 Å². The Morgan fingerprint density at radius 2 is 1.64 bits per heavy atom. The van der Waals surface area contributed by atoms with E-state index < -0.39 is 88.5 Å². The highest BCUT2D eigenvalue weighted by molar-refractivity contribution is 5.88. The second-order valence-corrected chi connectivity index (χ2v) is 17.9. The van der Waals surface area contributed by atoms with Gasteiger partial charge in [-0.1, -0.05) is 46.3 Å². The molecule has 5 fully saturated rings. The van der Waals surface area contributed by atoms with Crippen molar-refractivity contribution < 1.29 is 54.8 Å². The molecule has 2 heterocycles. The van der Waals surface area contributed by atoms with Crippen molar-refractivity contribution in [3.05, 3.63) is 11.6 Å². The van der Waals surface area contributed by atoms with Crippen molar-refractivity contribution in [2.24, 2.45) is 39.4 Å². The van der Waals surface area contributed by atoms with Crippen molar-refractivity contribution >= 4 is 5.78 Å². The molecular formula is C36H58O11. The minimum absolute atomic E-state index is 0.108. The Morgan fingerprint density at radius 1 is 0.979 bits per heavy atom. The summed E-state index contributed by atoms with van der Waals surface area (Å²) in [4.78, 5) is 14.8. The molecule has 4 aliphatic carbocycles. The zero-order valence-corrected chi connectivity index (χ0v) is 29.2. The molecule has 47 heavy (non-hydrogen) atoms. The fourth-order valence-corrected chi connectivity index (χ4v) is 11.7. The lowest BCUT2D eigenvalue weighted by molar-refractivity contribution is -0.323. The molecule has 6 aliphatic rings. The van der Waals surface area contributed by atoms with Crippen LogP contribution in [-0.4, -0.2) is 114 Å². The molecule has 16 atom stereocenters. The van der Waals surface area contributed by atoms with Crippen molar-refractivity contribution in [3.63, 3.8) is 0 Å². The predicted molar refractivity (Wildman–Crippen MR) is 170 cm³/mol. The van der Waals surface area contributed by atoms with Crippen molar-refractivity contribution in [1.82, 2.24) is 0 Å². The zero-order valence-electron chi connectivity index (χ0n) is 29.2. The molecule has 0 unspecified atom stereocenters. The van der Waals surface area contributed by atoms with Gasteiger partial charge < -0.3 is 50.0 Å². The maximum Gasteiger partial charge on any atom is 0.187 e. The third-order valence-electron chi connectivity index (χ3n) is 14.5. The standard InChI is InChI=1S/C36H58O11/c1-31(2)17-9-10-22-33(5)14-19(38)28(35(7)12-11-24(47-35)32(3,4)44)34(33,6)15-23(39)36(22,8)18(17)13-20(29(31)43)45-30-27(42)26(41)25(40)21(16-37)46-30/h9,18-22,24-30,37-38,40-44H,10-16H2,1-8H3/t18-,19-,20+,21-,22+,24+,25-,26+,27-,28+,29+,30-,33+,34-,35-,36+/m1/s1. The number of hydrogen-bond donors (Lipinski definition) is 7. The zero-order chi connectivity index (χ0) is 34.9. The molecule has 2 saturated heterocycles. The van der Waals surface area contributed by atoms with Crippen LogP contribution >= 0.6 is 0 Å². The number of carbonyl (C=O) groups excluding carboxylic acids is 1. The van der Waals surface area contributed by atoms with Gasteiger partial charge in [-0.15, -0.1) is 0 Å². The molecule has 0 aromatic rings. The van der Waals surface area contributed by atoms with Crippen LogP contribution in [0, 0.1) is 39.4 Å². The Morgan fingerprint density at radius 3 is 2.23 bits per heavy atom. The summed E-state index contributed by atoms with van der Waals surface area (Å²) in [6.45, 7) is 15.2. The maximum atomic E-state index is 14.8. The number of fused-ring (bicyclic) bond motifs is 5. The Kier molecular flexibility index (Phi) is 8.58. The van der Waals surface area contributed by atoms with Gasteiger partial charge in [-0.05, 0) is 75.5 Å². The van der Waals surface area contributed by atoms with Crippen LogP contribution in [0.3, 0.4) is 0 Å². The van der Waals surface area contributed by atoms with E-state index in [4.69, 9.17) is 14.2 Å². The molecule has 0 radical (unpaired) electrons. The smallest absolute Gasteiger partial charge is 0.187 e. The maximum absolute atomic E-state index is 14.8. The molecular weight excluding hydrogens is 608 g/mol. The first-order valence-corrected chi connectivity index (χ1v) is 17.5. The second kappa shape index (κ2) is 11.3. The van der Waals surface area contributed by atoms with E-state index in [0.29, 0.717) is 25.7 Å². The quantitative estimate of drug-likeness (QED) is 0.211. The Balaban J connectivity index is 1.34. The first kappa shape index (κ1) is 35.8. The summed E-state index contributed by atoms with van der Waals surface area (Å²) in [6.07, 6.45) is -5.09. The molecule has 0 amide bonds. The third-order valence-corrected chi connectivity index (χ3v) is 14.5. The summed E-state index contributed by atoms with van der Waals surface area (Å²) in [6, 6.07) is 0. The molecule has 6 rings (SSSR count). The largest absolute Gasteiger partial charge is 0.394 e. The first-order valence-electron chi connectivity index (χ1n) is 17.5. The number of rotatable bonds is 5. The monoisotopic (exact) mass is 666 g/mol. The number of allylic oxidation sites excluding steroid dienone is 1. The van der Waals surface area contributed by atoms with Crippen molar-refractivity contribution in [3.8, 4) is 0 Å². The number of hydrogen-bond acceptors (Lipinski definition) is 11. The fraction of sp³-hybridized carbons (Fsp3) is 0.917. The highest BCUT2D eigenvalue weighted by Gasteiger charge is 2.75. The summed E-state index contributed by atoms with van der Waals surface area (Å²) >= 11 is 0. The van der Waals surface area contributed by atoms with Crippen LogP contribution in [0.2, 0.25) is 0 Å². The average Bonchev–Trinajstić information content (AvgIpc) is 3.47. The molecule has 11 heteroatoms. The molecule has 11 nitrogen and oxygen atoms in total. The van der Waals surface area contributed by atoms with E-state index in [9.17, 15) is 40.5 Å². The third kappa shape index (κ3) is 4.93. The molecule has 0 bridgehead atoms. The van der Waals surface area contributed by atoms with Gasteiger partial charge in [0.1, 0.15) is 30.2 Å². The van der Waals surface area contributed by atoms with Crippen molar-refractivity contribution in [2.45, 2.75) is 160 Å². The first-order chi connectivity index (χ1) is 21.6. The van der Waals surface area contributed by atoms with E-state index in [1.165, 1.54) is 0 Å². The molecule has 2 aliphatic heterocycles. The van der Waals surface area contributed by atoms with Gasteiger partial charge in [0.25, 0.3) is 0 Å². The van der Waals surface area contributed by atoms with Gasteiger partial charge in [0.05, 0.1) is 42.2 Å². The number of ketones is 1. The lowest BCUT2D eigenvalue weighted by Crippen LogP contribution is -2.66. The molecule has 0 spiro atoms. The summed E-state index contributed by atoms with van der Waals surface area (Å²) in [7, 11) is 0. The number of Topliss-reactive ketones (excluding diaryl/α,β-unsaturated/α-hetero) is 1.